The van der Waals surface area contributed by atoms with Crippen molar-refractivity contribution in [3.05, 3.63) is 69.4 Å². The van der Waals surface area contributed by atoms with Crippen molar-refractivity contribution in [1.29, 1.82) is 0 Å². The summed E-state index contributed by atoms with van der Waals surface area (Å²) in [6.07, 6.45) is 5.96. The summed E-state index contributed by atoms with van der Waals surface area (Å²) in [6, 6.07) is 18.0. The van der Waals surface area contributed by atoms with E-state index < -0.39 is 0 Å². The van der Waals surface area contributed by atoms with Gasteiger partial charge in [0.2, 0.25) is 0 Å². The standard InChI is InChI=1S/C25H24S2/c1-3-20-24(18-10-5-7-14-22(18)26-20)16-12-9-13-17(16)25-19-11-6-8-15-23(19)27-21(25)4-2/h5-8,10-11,14-15H,3-4,9,12-13H2,1-2H3. The minimum Gasteiger partial charge on any atom is -0.140 e. The molecule has 1 aliphatic carbocycles. The molecule has 27 heavy (non-hydrogen) atoms. The van der Waals surface area contributed by atoms with Gasteiger partial charge in [-0.1, -0.05) is 50.2 Å². The van der Waals surface area contributed by atoms with Gasteiger partial charge in [0.1, 0.15) is 0 Å². The number of rotatable bonds is 4. The first kappa shape index (κ1) is 17.2. The second-order valence-corrected chi connectivity index (χ2v) is 9.58. The Morgan fingerprint density at radius 3 is 1.56 bits per heavy atom. The van der Waals surface area contributed by atoms with Crippen LogP contribution >= 0.6 is 22.7 Å². The number of benzene rings is 2. The second kappa shape index (κ2) is 6.92. The molecule has 2 heteroatoms. The lowest BCUT2D eigenvalue weighted by molar-refractivity contribution is 0.941. The third-order valence-electron chi connectivity index (χ3n) is 5.80. The van der Waals surface area contributed by atoms with E-state index in [2.05, 4.69) is 62.4 Å². The highest BCUT2D eigenvalue weighted by Crippen LogP contribution is 2.49. The molecule has 0 saturated carbocycles. The van der Waals surface area contributed by atoms with Crippen molar-refractivity contribution in [2.45, 2.75) is 46.0 Å². The lowest BCUT2D eigenvalue weighted by Crippen LogP contribution is -1.91. The molecule has 0 aliphatic heterocycles. The summed E-state index contributed by atoms with van der Waals surface area (Å²) in [4.78, 5) is 3.12. The molecule has 0 saturated heterocycles. The smallest absolute Gasteiger partial charge is 0.0352 e. The van der Waals surface area contributed by atoms with Gasteiger partial charge in [-0.3, -0.25) is 0 Å². The van der Waals surface area contributed by atoms with Crippen molar-refractivity contribution in [1.82, 2.24) is 0 Å². The van der Waals surface area contributed by atoms with Gasteiger partial charge in [-0.05, 0) is 66.5 Å². The normalized spacial score (nSPS) is 14.7. The van der Waals surface area contributed by atoms with Crippen molar-refractivity contribution in [3.63, 3.8) is 0 Å². The fourth-order valence-electron chi connectivity index (χ4n) is 4.65. The molecule has 0 unspecified atom stereocenters. The van der Waals surface area contributed by atoms with Gasteiger partial charge in [-0.2, -0.15) is 0 Å². The molecule has 0 fully saturated rings. The van der Waals surface area contributed by atoms with E-state index in [9.17, 15) is 0 Å². The van der Waals surface area contributed by atoms with E-state index in [0.29, 0.717) is 0 Å². The van der Waals surface area contributed by atoms with E-state index in [-0.39, 0.29) is 0 Å². The summed E-state index contributed by atoms with van der Waals surface area (Å²) < 4.78 is 2.88. The lowest BCUT2D eigenvalue weighted by atomic mass is 9.92. The van der Waals surface area contributed by atoms with Crippen LogP contribution < -0.4 is 0 Å². The van der Waals surface area contributed by atoms with E-state index in [1.54, 1.807) is 32.0 Å². The molecule has 2 heterocycles. The highest BCUT2D eigenvalue weighted by atomic mass is 32.1. The number of aryl methyl sites for hydroxylation is 2. The van der Waals surface area contributed by atoms with Crippen molar-refractivity contribution in [3.8, 4) is 0 Å². The molecule has 0 radical (unpaired) electrons. The average molecular weight is 389 g/mol. The van der Waals surface area contributed by atoms with E-state index in [1.807, 2.05) is 22.7 Å². The summed E-state index contributed by atoms with van der Waals surface area (Å²) in [7, 11) is 0. The fraction of sp³-hybridized carbons (Fsp3) is 0.280. The first-order chi connectivity index (χ1) is 13.3. The third kappa shape index (κ3) is 2.69. The molecule has 2 aromatic carbocycles. The zero-order chi connectivity index (χ0) is 18.4. The summed E-state index contributed by atoms with van der Waals surface area (Å²) in [5.41, 5.74) is 6.37. The summed E-state index contributed by atoms with van der Waals surface area (Å²) >= 11 is 3.98. The largest absolute Gasteiger partial charge is 0.140 e. The van der Waals surface area contributed by atoms with Crippen LogP contribution in [0.4, 0.5) is 0 Å². The maximum absolute atomic E-state index is 2.33. The number of fused-ring (bicyclic) bond motifs is 2. The zero-order valence-corrected chi connectivity index (χ0v) is 17.6. The van der Waals surface area contributed by atoms with Gasteiger partial charge in [0, 0.05) is 29.9 Å². The van der Waals surface area contributed by atoms with Gasteiger partial charge in [-0.15, -0.1) is 22.7 Å². The Kier molecular flexibility index (Phi) is 4.41. The molecule has 4 aromatic rings. The molecule has 0 N–H and O–H groups in total. The zero-order valence-electron chi connectivity index (χ0n) is 16.0. The van der Waals surface area contributed by atoms with Crippen LogP contribution in [-0.4, -0.2) is 0 Å². The third-order valence-corrected chi connectivity index (χ3v) is 8.43. The maximum Gasteiger partial charge on any atom is 0.0352 e. The highest BCUT2D eigenvalue weighted by Gasteiger charge is 2.26. The predicted molar refractivity (Wildman–Crippen MR) is 123 cm³/mol. The van der Waals surface area contributed by atoms with Gasteiger partial charge >= 0.3 is 0 Å². The molecule has 0 nitrogen and oxygen atoms in total. The monoisotopic (exact) mass is 388 g/mol. The van der Waals surface area contributed by atoms with Gasteiger partial charge < -0.3 is 0 Å². The van der Waals surface area contributed by atoms with Crippen molar-refractivity contribution >= 4 is 54.0 Å². The molecule has 0 atom stereocenters. The topological polar surface area (TPSA) is 0 Å². The maximum atomic E-state index is 2.33. The molecule has 2 aromatic heterocycles. The molecular weight excluding hydrogens is 364 g/mol. The van der Waals surface area contributed by atoms with Crippen LogP contribution in [0.5, 0.6) is 0 Å². The highest BCUT2D eigenvalue weighted by molar-refractivity contribution is 7.19. The van der Waals surface area contributed by atoms with E-state index >= 15 is 0 Å². The lowest BCUT2D eigenvalue weighted by Gasteiger charge is -2.11. The molecule has 0 spiro atoms. The van der Waals surface area contributed by atoms with Crippen LogP contribution in [0.2, 0.25) is 0 Å². The fourth-order valence-corrected chi connectivity index (χ4v) is 6.99. The summed E-state index contributed by atoms with van der Waals surface area (Å²) in [5.74, 6) is 0. The van der Waals surface area contributed by atoms with Crippen LogP contribution in [0, 0.1) is 0 Å². The minimum absolute atomic E-state index is 1.12. The van der Waals surface area contributed by atoms with Crippen molar-refractivity contribution in [2.24, 2.45) is 0 Å². The Hall–Kier alpha value is -1.90. The Balaban J connectivity index is 1.82. The van der Waals surface area contributed by atoms with Crippen molar-refractivity contribution < 1.29 is 0 Å². The van der Waals surface area contributed by atoms with Crippen molar-refractivity contribution in [2.75, 3.05) is 0 Å². The molecule has 5 rings (SSSR count). The van der Waals surface area contributed by atoms with Crippen LogP contribution in [0.3, 0.4) is 0 Å². The SMILES string of the molecule is CCc1sc2ccccc2c1C1=C(c2c(CC)sc3ccccc23)CCC1. The first-order valence-electron chi connectivity index (χ1n) is 10.0. The van der Waals surface area contributed by atoms with E-state index in [4.69, 9.17) is 0 Å². The predicted octanol–water partition coefficient (Wildman–Crippen LogP) is 8.34. The number of allylic oxidation sites excluding steroid dienone is 2. The van der Waals surface area contributed by atoms with E-state index in [1.165, 1.54) is 39.4 Å². The van der Waals surface area contributed by atoms with Crippen LogP contribution in [0.25, 0.3) is 31.3 Å². The Morgan fingerprint density at radius 1 is 0.667 bits per heavy atom. The number of thiophene rings is 2. The molecule has 136 valence electrons. The average Bonchev–Trinajstić information content (AvgIpc) is 3.40. The van der Waals surface area contributed by atoms with Crippen LogP contribution in [-0.2, 0) is 12.8 Å². The Morgan fingerprint density at radius 2 is 1.11 bits per heavy atom. The Bertz CT molecular complexity index is 1080. The summed E-state index contributed by atoms with van der Waals surface area (Å²) in [5, 5.41) is 2.93. The first-order valence-corrected chi connectivity index (χ1v) is 11.7. The quantitative estimate of drug-likeness (QED) is 0.329. The van der Waals surface area contributed by atoms with Gasteiger partial charge in [0.05, 0.1) is 0 Å². The second-order valence-electron chi connectivity index (χ2n) is 7.31. The van der Waals surface area contributed by atoms with Gasteiger partial charge in [-0.25, -0.2) is 0 Å². The minimum atomic E-state index is 1.12. The number of hydrogen-bond acceptors (Lipinski definition) is 2. The summed E-state index contributed by atoms with van der Waals surface area (Å²) in [6.45, 7) is 4.61. The molecule has 0 amide bonds. The van der Waals surface area contributed by atoms with Gasteiger partial charge in [0.25, 0.3) is 0 Å². The molecular formula is C25H24S2. The van der Waals surface area contributed by atoms with Gasteiger partial charge in [0.15, 0.2) is 0 Å². The number of hydrogen-bond donors (Lipinski definition) is 0. The molecule has 0 bridgehead atoms. The van der Waals surface area contributed by atoms with Crippen LogP contribution in [0.1, 0.15) is 54.0 Å². The van der Waals surface area contributed by atoms with E-state index in [0.717, 1.165) is 12.8 Å². The Labute approximate surface area is 169 Å². The van der Waals surface area contributed by atoms with Crippen LogP contribution in [0.15, 0.2) is 48.5 Å². The molecule has 1 aliphatic rings.